The zero-order valence-corrected chi connectivity index (χ0v) is 33.8. The average molecular weight is 757 g/mol. The molecule has 0 amide bonds. The summed E-state index contributed by atoms with van der Waals surface area (Å²) in [5.74, 6) is 8.01. The molecule has 1 saturated heterocycles. The van der Waals surface area contributed by atoms with E-state index in [0.29, 0.717) is 5.38 Å². The Balaban J connectivity index is 0.000000740. The Labute approximate surface area is 296 Å². The van der Waals surface area contributed by atoms with Crippen LogP contribution in [-0.4, -0.2) is 25.5 Å². The van der Waals surface area contributed by atoms with Gasteiger partial charge in [0.1, 0.15) is 0 Å². The van der Waals surface area contributed by atoms with Crippen molar-refractivity contribution < 1.29 is 20.8 Å². The summed E-state index contributed by atoms with van der Waals surface area (Å²) in [6, 6.07) is 13.4. The Morgan fingerprint density at radius 2 is 1.16 bits per heavy atom. The van der Waals surface area contributed by atoms with Gasteiger partial charge < -0.3 is 19.8 Å². The van der Waals surface area contributed by atoms with E-state index in [9.17, 15) is 0 Å². The predicted octanol–water partition coefficient (Wildman–Crippen LogP) is 12.4. The van der Waals surface area contributed by atoms with Crippen molar-refractivity contribution in [2.24, 2.45) is 47.3 Å². The van der Waals surface area contributed by atoms with Gasteiger partial charge in [-0.2, -0.15) is 0 Å². The van der Waals surface area contributed by atoms with Crippen LogP contribution in [0.5, 0.6) is 0 Å². The van der Waals surface area contributed by atoms with E-state index < -0.39 is 28.9 Å². The van der Waals surface area contributed by atoms with E-state index in [-0.39, 0.29) is 14.9 Å². The van der Waals surface area contributed by atoms with E-state index in [1.54, 1.807) is 31.4 Å². The molecule has 12 unspecified atom stereocenters. The molecule has 246 valence electrons. The summed E-state index contributed by atoms with van der Waals surface area (Å²) >= 11 is 6.30. The molecule has 0 bridgehead atoms. The Bertz CT molecular complexity index is 1040. The van der Waals surface area contributed by atoms with Gasteiger partial charge in [0.15, 0.2) is 0 Å². The van der Waals surface area contributed by atoms with Gasteiger partial charge in [0, 0.05) is 23.1 Å². The molecule has 6 aliphatic carbocycles. The van der Waals surface area contributed by atoms with Gasteiger partial charge in [0.05, 0.1) is 8.07 Å². The number of nitrogens with zero attached hydrogens (tertiary/aromatic N) is 1. The van der Waals surface area contributed by atoms with Gasteiger partial charge in [-0.3, -0.25) is 0 Å². The molecule has 1 aromatic rings. The van der Waals surface area contributed by atoms with E-state index in [0.717, 1.165) is 70.5 Å². The van der Waals surface area contributed by atoms with Gasteiger partial charge in [-0.15, -0.1) is 11.6 Å². The van der Waals surface area contributed by atoms with Crippen LogP contribution in [0.2, 0.25) is 24.2 Å². The fourth-order valence-electron chi connectivity index (χ4n) is 13.8. The first-order valence-corrected chi connectivity index (χ1v) is 27.8. The molecule has 7 fully saturated rings. The first kappa shape index (κ1) is 36.3. The van der Waals surface area contributed by atoms with E-state index >= 15 is 0 Å². The molecule has 12 atom stereocenters. The van der Waals surface area contributed by atoms with Crippen molar-refractivity contribution in [3.05, 3.63) is 45.2 Å². The van der Waals surface area contributed by atoms with E-state index in [1.807, 2.05) is 0 Å². The van der Waals surface area contributed by atoms with Crippen molar-refractivity contribution in [3.63, 3.8) is 0 Å². The maximum absolute atomic E-state index is 7.13. The summed E-state index contributed by atoms with van der Waals surface area (Å²) in [5, 5.41) is 0.429. The van der Waals surface area contributed by atoms with Crippen LogP contribution in [0.1, 0.15) is 96.3 Å². The molecule has 0 aromatic heterocycles. The second kappa shape index (κ2) is 15.3. The summed E-state index contributed by atoms with van der Waals surface area (Å²) in [5.41, 5.74) is 3.65. The number of para-hydroxylation sites is 1. The number of alkyl halides is 1. The zero-order chi connectivity index (χ0) is 29.0. The molecule has 1 nitrogen and oxygen atoms in total. The maximum atomic E-state index is 7.13. The monoisotopic (exact) mass is 753 g/mol. The van der Waals surface area contributed by atoms with Crippen molar-refractivity contribution in [2.45, 2.75) is 138 Å². The normalized spacial score (nSPS) is 43.8. The van der Waals surface area contributed by atoms with Gasteiger partial charge in [0.2, 0.25) is 0 Å². The average Bonchev–Trinajstić information content (AvgIpc) is 3.63. The molecular weight excluding hydrogens is 696 g/mol. The molecule has 1 aliphatic heterocycles. The Morgan fingerprint density at radius 1 is 0.636 bits per heavy atom. The quantitative estimate of drug-likeness (QED) is 0.169. The zero-order valence-electron chi connectivity index (χ0n) is 28.1. The molecule has 44 heavy (non-hydrogen) atoms. The number of halogens is 3. The molecule has 0 spiro atoms. The molecule has 6 saturated carbocycles. The van der Waals surface area contributed by atoms with Gasteiger partial charge in [-0.05, 0) is 116 Å². The molecule has 8 rings (SSSR count). The van der Waals surface area contributed by atoms with E-state index in [1.165, 1.54) is 70.6 Å². The molecule has 6 heteroatoms. The molecule has 1 aromatic carbocycles. The van der Waals surface area contributed by atoms with E-state index in [4.69, 9.17) is 28.6 Å². The number of hydrogen-bond acceptors (Lipinski definition) is 1. The van der Waals surface area contributed by atoms with Crippen LogP contribution in [0.25, 0.3) is 0 Å². The van der Waals surface area contributed by atoms with Crippen molar-refractivity contribution in [3.8, 4) is 0 Å². The fourth-order valence-corrected chi connectivity index (χ4v) is 20.6. The first-order valence-electron chi connectivity index (χ1n) is 17.9. The molecule has 0 N–H and O–H groups in total. The Kier molecular flexibility index (Phi) is 12.6. The summed E-state index contributed by atoms with van der Waals surface area (Å²) in [6.45, 7) is 5.95. The number of anilines is 1. The molecule has 1 heterocycles. The fraction of sp³-hybridized carbons (Fsp3) is 0.789. The van der Waals surface area contributed by atoms with Gasteiger partial charge in [-0.1, -0.05) is 82.7 Å². The summed E-state index contributed by atoms with van der Waals surface area (Å²) < 4.78 is 0. The van der Waals surface area contributed by atoms with Crippen LogP contribution in [0, 0.1) is 62.2 Å². The van der Waals surface area contributed by atoms with Crippen LogP contribution in [0.3, 0.4) is 0 Å². The predicted molar refractivity (Wildman–Crippen MR) is 193 cm³/mol. The topological polar surface area (TPSA) is 3.24 Å². The third-order valence-corrected chi connectivity index (χ3v) is 20.1. The minimum atomic E-state index is -1.57. The van der Waals surface area contributed by atoms with Crippen LogP contribution < -0.4 is 4.90 Å². The number of benzene rings is 1. The van der Waals surface area contributed by atoms with Crippen molar-refractivity contribution in [1.29, 1.82) is 0 Å². The number of hydrogen-bond donors (Lipinski definition) is 0. The number of rotatable bonds is 3. The standard InChI is InChI=1S/C36H54ClNSi.2CH3.2ClH.Zr/c1-39(2,35-28-16-8-6-14-25(28)26-15-7-9-17-29(26)35)36-31-22-23(37)20-21-27(31)34-33(36)30-18-10-11-19-32(30)38(34)24-12-4-3-5-13-24;;;;;/h3-5,12-13,23,25-36H,6-11,14-22H2,1-2H3;2*1H3;2*1H;/q;2*-1;;;+4/p-2. The molecule has 7 aliphatic rings. The van der Waals surface area contributed by atoms with Crippen molar-refractivity contribution in [2.75, 3.05) is 4.90 Å². The van der Waals surface area contributed by atoms with Crippen LogP contribution in [-0.2, 0) is 20.8 Å². The van der Waals surface area contributed by atoms with Gasteiger partial charge >= 0.3 is 37.9 Å². The van der Waals surface area contributed by atoms with Crippen molar-refractivity contribution >= 4 is 42.4 Å². The van der Waals surface area contributed by atoms with Crippen LogP contribution in [0.4, 0.5) is 5.69 Å². The second-order valence-corrected chi connectivity index (χ2v) is 25.6. The SMILES string of the molecule is C[Si](C)(C1C2CCCCC2C2CCCCC21)C1C2CC(Cl)CCC2C2C1C1CCCCC1N2c1ccccc1.[CH3-].[CH3-].[Cl][Zr+2][Cl]. The first-order chi connectivity index (χ1) is 20.5. The van der Waals surface area contributed by atoms with Crippen LogP contribution >= 0.6 is 28.6 Å². The number of fused-ring (bicyclic) bond motifs is 8. The van der Waals surface area contributed by atoms with E-state index in [2.05, 4.69) is 48.3 Å². The third-order valence-electron chi connectivity index (χ3n) is 14.5. The second-order valence-electron chi connectivity index (χ2n) is 16.2. The minimum absolute atomic E-state index is 0. The summed E-state index contributed by atoms with van der Waals surface area (Å²) in [4.78, 5) is 3.08. The van der Waals surface area contributed by atoms with Crippen molar-refractivity contribution in [1.82, 2.24) is 0 Å². The Hall–Kier alpha value is 0.990. The molecule has 0 radical (unpaired) electrons. The summed E-state index contributed by atoms with van der Waals surface area (Å²) in [7, 11) is 8.30. The third kappa shape index (κ3) is 6.15. The van der Waals surface area contributed by atoms with Crippen LogP contribution in [0.15, 0.2) is 30.3 Å². The van der Waals surface area contributed by atoms with Gasteiger partial charge in [-0.25, -0.2) is 0 Å². The van der Waals surface area contributed by atoms with Gasteiger partial charge in [0.25, 0.3) is 0 Å². The summed E-state index contributed by atoms with van der Waals surface area (Å²) in [6.07, 6.45) is 22.3. The Morgan fingerprint density at radius 3 is 1.75 bits per heavy atom. The molecular formula is C38H60Cl3NSiZr.